The fourth-order valence-electron chi connectivity index (χ4n) is 2.06. The van der Waals surface area contributed by atoms with E-state index in [9.17, 15) is 13.6 Å². The number of hydroxylamine groups is 1. The van der Waals surface area contributed by atoms with Gasteiger partial charge in [-0.05, 0) is 17.5 Å². The molecule has 1 aromatic heterocycles. The molecule has 6 nitrogen and oxygen atoms in total. The standard InChI is InChI=1S/C14H15F2NO5S2/c1-20-9-5-8-6-12(23-11(8)7-10(9)21-2)14(15,16)4-3-13(18)17-22-24-19/h5-7,19H,3-4H2,1-2H3,(H,17,18). The van der Waals surface area contributed by atoms with E-state index in [0.717, 1.165) is 11.3 Å². The Morgan fingerprint density at radius 3 is 2.58 bits per heavy atom. The summed E-state index contributed by atoms with van der Waals surface area (Å²) < 4.78 is 52.0. The lowest BCUT2D eigenvalue weighted by Crippen LogP contribution is -2.23. The molecule has 0 spiro atoms. The van der Waals surface area contributed by atoms with E-state index >= 15 is 0 Å². The molecule has 0 radical (unpaired) electrons. The highest BCUT2D eigenvalue weighted by atomic mass is 32.2. The Labute approximate surface area is 145 Å². The summed E-state index contributed by atoms with van der Waals surface area (Å²) in [5.74, 6) is -3.01. The highest BCUT2D eigenvalue weighted by Crippen LogP contribution is 2.43. The van der Waals surface area contributed by atoms with Crippen molar-refractivity contribution in [2.24, 2.45) is 0 Å². The number of hydrogen-bond donors (Lipinski definition) is 2. The maximum absolute atomic E-state index is 14.3. The fraction of sp³-hybridized carbons (Fsp3) is 0.357. The Morgan fingerprint density at radius 2 is 1.96 bits per heavy atom. The van der Waals surface area contributed by atoms with Gasteiger partial charge in [-0.2, -0.15) is 4.28 Å². The average molecular weight is 379 g/mol. The Morgan fingerprint density at radius 1 is 1.29 bits per heavy atom. The third-order valence-electron chi connectivity index (χ3n) is 3.24. The van der Waals surface area contributed by atoms with Crippen molar-refractivity contribution in [3.63, 3.8) is 0 Å². The second-order valence-corrected chi connectivity index (χ2v) is 6.14. The number of amides is 1. The molecule has 2 N–H and O–H groups in total. The van der Waals surface area contributed by atoms with Crippen LogP contribution in [0.15, 0.2) is 18.2 Å². The van der Waals surface area contributed by atoms with Crippen LogP contribution in [-0.2, 0) is 15.0 Å². The van der Waals surface area contributed by atoms with Gasteiger partial charge < -0.3 is 14.0 Å². The van der Waals surface area contributed by atoms with Crippen molar-refractivity contribution >= 4 is 39.7 Å². The minimum atomic E-state index is -3.17. The zero-order chi connectivity index (χ0) is 17.7. The summed E-state index contributed by atoms with van der Waals surface area (Å²) in [6, 6.07) is 4.64. The number of rotatable bonds is 8. The maximum Gasteiger partial charge on any atom is 0.282 e. The summed E-state index contributed by atoms with van der Waals surface area (Å²) >= 11 is 0.858. The van der Waals surface area contributed by atoms with Crippen molar-refractivity contribution in [3.8, 4) is 11.5 Å². The molecule has 0 fully saturated rings. The smallest absolute Gasteiger partial charge is 0.282 e. The quantitative estimate of drug-likeness (QED) is 0.534. The molecule has 1 heterocycles. The van der Waals surface area contributed by atoms with Gasteiger partial charge in [-0.1, -0.05) is 0 Å². The largest absolute Gasteiger partial charge is 0.493 e. The van der Waals surface area contributed by atoms with Crippen molar-refractivity contribution in [2.45, 2.75) is 18.8 Å². The predicted molar refractivity (Wildman–Crippen MR) is 87.5 cm³/mol. The predicted octanol–water partition coefficient (Wildman–Crippen LogP) is 3.96. The molecular weight excluding hydrogens is 364 g/mol. The number of methoxy groups -OCH3 is 2. The Bertz CT molecular complexity index is 681. The van der Waals surface area contributed by atoms with E-state index < -0.39 is 24.7 Å². The van der Waals surface area contributed by atoms with Crippen LogP contribution in [0.5, 0.6) is 11.5 Å². The van der Waals surface area contributed by atoms with Gasteiger partial charge in [0.15, 0.2) is 23.8 Å². The van der Waals surface area contributed by atoms with Crippen LogP contribution in [0.1, 0.15) is 17.7 Å². The summed E-state index contributed by atoms with van der Waals surface area (Å²) in [6.45, 7) is 0. The zero-order valence-electron chi connectivity index (χ0n) is 12.8. The fourth-order valence-corrected chi connectivity index (χ4v) is 3.26. The number of carbonyl (C=O) groups excluding carboxylic acids is 1. The highest BCUT2D eigenvalue weighted by Gasteiger charge is 2.34. The van der Waals surface area contributed by atoms with E-state index in [1.165, 1.54) is 20.3 Å². The van der Waals surface area contributed by atoms with Gasteiger partial charge in [0.2, 0.25) is 5.91 Å². The molecule has 0 saturated heterocycles. The Hall–Kier alpha value is -1.62. The van der Waals surface area contributed by atoms with Crippen molar-refractivity contribution in [1.82, 2.24) is 5.48 Å². The monoisotopic (exact) mass is 379 g/mol. The molecule has 2 rings (SSSR count). The van der Waals surface area contributed by atoms with E-state index in [1.807, 2.05) is 5.48 Å². The molecule has 0 saturated carbocycles. The minimum Gasteiger partial charge on any atom is -0.493 e. The van der Waals surface area contributed by atoms with Gasteiger partial charge >= 0.3 is 0 Å². The molecule has 0 bridgehead atoms. The van der Waals surface area contributed by atoms with Crippen LogP contribution >= 0.6 is 23.7 Å². The number of ether oxygens (including phenoxy) is 2. The molecule has 0 atom stereocenters. The number of fused-ring (bicyclic) bond motifs is 1. The van der Waals surface area contributed by atoms with Crippen LogP contribution in [0.2, 0.25) is 0 Å². The van der Waals surface area contributed by atoms with E-state index in [4.69, 9.17) is 14.0 Å². The average Bonchev–Trinajstić information content (AvgIpc) is 3.00. The molecular formula is C14H15F2NO5S2. The zero-order valence-corrected chi connectivity index (χ0v) is 14.4. The summed E-state index contributed by atoms with van der Waals surface area (Å²) in [4.78, 5) is 11.1. The first kappa shape index (κ1) is 18.7. The van der Waals surface area contributed by atoms with Crippen molar-refractivity contribution < 1.29 is 31.9 Å². The van der Waals surface area contributed by atoms with Gasteiger partial charge in [0.1, 0.15) is 0 Å². The number of benzene rings is 1. The molecule has 0 aliphatic rings. The second-order valence-electron chi connectivity index (χ2n) is 4.74. The van der Waals surface area contributed by atoms with Crippen LogP contribution in [0, 0.1) is 0 Å². The van der Waals surface area contributed by atoms with Gasteiger partial charge in [-0.15, -0.1) is 11.3 Å². The van der Waals surface area contributed by atoms with Crippen LogP contribution in [-0.4, -0.2) is 24.7 Å². The molecule has 0 aliphatic heterocycles. The molecule has 0 aliphatic carbocycles. The third kappa shape index (κ3) is 4.26. The van der Waals surface area contributed by atoms with Crippen LogP contribution in [0.25, 0.3) is 10.1 Å². The summed E-state index contributed by atoms with van der Waals surface area (Å²) in [5.41, 5.74) is 1.82. The van der Waals surface area contributed by atoms with Crippen LogP contribution in [0.4, 0.5) is 8.78 Å². The molecule has 132 valence electrons. The maximum atomic E-state index is 14.3. The number of halogens is 2. The number of hydrogen-bond acceptors (Lipinski definition) is 7. The molecule has 24 heavy (non-hydrogen) atoms. The van der Waals surface area contributed by atoms with Crippen molar-refractivity contribution in [3.05, 3.63) is 23.1 Å². The van der Waals surface area contributed by atoms with Gasteiger partial charge in [0, 0.05) is 23.6 Å². The first-order valence-corrected chi connectivity index (χ1v) is 8.22. The van der Waals surface area contributed by atoms with E-state index in [-0.39, 0.29) is 17.2 Å². The summed E-state index contributed by atoms with van der Waals surface area (Å²) in [7, 11) is 2.94. The van der Waals surface area contributed by atoms with E-state index in [2.05, 4.69) is 4.28 Å². The minimum absolute atomic E-state index is 0.0715. The molecule has 0 unspecified atom stereocenters. The van der Waals surface area contributed by atoms with Gasteiger partial charge in [-0.25, -0.2) is 14.3 Å². The van der Waals surface area contributed by atoms with Crippen LogP contribution in [0.3, 0.4) is 0 Å². The first-order chi connectivity index (χ1) is 11.4. The Balaban J connectivity index is 2.19. The lowest BCUT2D eigenvalue weighted by atomic mass is 10.1. The lowest BCUT2D eigenvalue weighted by molar-refractivity contribution is -0.129. The molecule has 1 aromatic carbocycles. The van der Waals surface area contributed by atoms with Gasteiger partial charge in [0.05, 0.1) is 19.1 Å². The molecule has 2 aromatic rings. The first-order valence-electron chi connectivity index (χ1n) is 6.71. The summed E-state index contributed by atoms with van der Waals surface area (Å²) in [6.07, 6.45) is -1.13. The third-order valence-corrected chi connectivity index (χ3v) is 4.61. The SMILES string of the molecule is COc1cc2cc(C(F)(F)CCC(=O)NOSO)sc2cc1OC. The Kier molecular flexibility index (Phi) is 6.21. The number of nitrogens with one attached hydrogen (secondary N) is 1. The second kappa shape index (κ2) is 7.97. The normalized spacial score (nSPS) is 11.5. The number of thiophene rings is 1. The molecule has 1 amide bonds. The number of carbonyl (C=O) groups is 1. The van der Waals surface area contributed by atoms with E-state index in [0.29, 0.717) is 21.6 Å². The topological polar surface area (TPSA) is 77.0 Å². The summed E-state index contributed by atoms with van der Waals surface area (Å²) in [5, 5.41) is 0.608. The van der Waals surface area contributed by atoms with Crippen LogP contribution < -0.4 is 15.0 Å². The lowest BCUT2D eigenvalue weighted by Gasteiger charge is -2.13. The number of alkyl halides is 2. The van der Waals surface area contributed by atoms with Gasteiger partial charge in [-0.3, -0.25) is 4.79 Å². The van der Waals surface area contributed by atoms with Gasteiger partial charge in [0.25, 0.3) is 5.92 Å². The van der Waals surface area contributed by atoms with E-state index in [1.54, 1.807) is 12.1 Å². The molecule has 10 heteroatoms. The van der Waals surface area contributed by atoms with Crippen molar-refractivity contribution in [2.75, 3.05) is 14.2 Å². The van der Waals surface area contributed by atoms with Crippen molar-refractivity contribution in [1.29, 1.82) is 0 Å². The highest BCUT2D eigenvalue weighted by molar-refractivity contribution is 7.88.